The molecular formula is C10H11ClO4. The lowest BCUT2D eigenvalue weighted by atomic mass is 10.3. The third-order valence-corrected chi connectivity index (χ3v) is 1.74. The molecule has 0 aliphatic heterocycles. The van der Waals surface area contributed by atoms with Gasteiger partial charge in [0.25, 0.3) is 0 Å². The predicted octanol–water partition coefficient (Wildman–Crippen LogP) is 2.45. The van der Waals surface area contributed by atoms with E-state index >= 15 is 0 Å². The van der Waals surface area contributed by atoms with Gasteiger partial charge in [-0.2, -0.15) is 0 Å². The number of hydrogen-bond acceptors (Lipinski definition) is 4. The third-order valence-electron chi connectivity index (χ3n) is 1.63. The lowest BCUT2D eigenvalue weighted by molar-refractivity contribution is 0.147. The number of ether oxygens (including phenoxy) is 3. The number of halogens is 1. The summed E-state index contributed by atoms with van der Waals surface area (Å²) in [6.07, 6.45) is 0. The molecule has 1 aromatic carbocycles. The van der Waals surface area contributed by atoms with Crippen molar-refractivity contribution in [2.75, 3.05) is 20.3 Å². The van der Waals surface area contributed by atoms with Crippen LogP contribution in [0.15, 0.2) is 24.3 Å². The second-order valence-electron chi connectivity index (χ2n) is 2.61. The van der Waals surface area contributed by atoms with Gasteiger partial charge in [-0.15, -0.1) is 0 Å². The van der Waals surface area contributed by atoms with Crippen LogP contribution in [0.4, 0.5) is 4.79 Å². The maximum atomic E-state index is 10.2. The van der Waals surface area contributed by atoms with Crippen LogP contribution in [0.25, 0.3) is 0 Å². The van der Waals surface area contributed by atoms with Crippen LogP contribution < -0.4 is 9.47 Å². The van der Waals surface area contributed by atoms with Crippen LogP contribution in [0.2, 0.25) is 0 Å². The van der Waals surface area contributed by atoms with Crippen LogP contribution in [0, 0.1) is 0 Å². The molecule has 0 fully saturated rings. The fourth-order valence-electron chi connectivity index (χ4n) is 0.953. The van der Waals surface area contributed by atoms with Crippen LogP contribution in [-0.2, 0) is 4.74 Å². The summed E-state index contributed by atoms with van der Waals surface area (Å²) in [6.45, 7) is 0.402. The summed E-state index contributed by atoms with van der Waals surface area (Å²) in [5.74, 6) is 1.44. The molecule has 0 atom stereocenters. The lowest BCUT2D eigenvalue weighted by Crippen LogP contribution is -2.07. The van der Waals surface area contributed by atoms with Crippen molar-refractivity contribution in [1.82, 2.24) is 0 Å². The van der Waals surface area contributed by atoms with E-state index in [0.29, 0.717) is 5.75 Å². The summed E-state index contributed by atoms with van der Waals surface area (Å²) in [4.78, 5) is 10.2. The van der Waals surface area contributed by atoms with Crippen LogP contribution in [0.5, 0.6) is 11.5 Å². The van der Waals surface area contributed by atoms with Gasteiger partial charge < -0.3 is 14.2 Å². The Morgan fingerprint density at radius 3 is 2.33 bits per heavy atom. The van der Waals surface area contributed by atoms with E-state index in [0.717, 1.165) is 5.75 Å². The smallest absolute Gasteiger partial charge is 0.403 e. The molecule has 1 rings (SSSR count). The number of benzene rings is 1. The lowest BCUT2D eigenvalue weighted by Gasteiger charge is -2.06. The van der Waals surface area contributed by atoms with Crippen molar-refractivity contribution in [1.29, 1.82) is 0 Å². The standard InChI is InChI=1S/C10H11ClO4/c1-13-8-2-4-9(5-3-8)14-6-7-15-10(11)12/h2-5H,6-7H2,1H3. The zero-order valence-corrected chi connectivity index (χ0v) is 8.99. The normalized spacial score (nSPS) is 9.47. The highest BCUT2D eigenvalue weighted by Gasteiger charge is 1.97. The molecule has 0 aliphatic rings. The predicted molar refractivity (Wildman–Crippen MR) is 55.7 cm³/mol. The Bertz CT molecular complexity index is 310. The molecule has 0 radical (unpaired) electrons. The Morgan fingerprint density at radius 1 is 1.20 bits per heavy atom. The van der Waals surface area contributed by atoms with Gasteiger partial charge in [-0.1, -0.05) is 0 Å². The summed E-state index contributed by atoms with van der Waals surface area (Å²) >= 11 is 4.97. The van der Waals surface area contributed by atoms with E-state index in [4.69, 9.17) is 21.1 Å². The second-order valence-corrected chi connectivity index (χ2v) is 2.92. The van der Waals surface area contributed by atoms with Crippen LogP contribution in [0.1, 0.15) is 0 Å². The quantitative estimate of drug-likeness (QED) is 0.576. The van der Waals surface area contributed by atoms with Crippen LogP contribution in [-0.4, -0.2) is 25.8 Å². The molecular weight excluding hydrogens is 220 g/mol. The highest BCUT2D eigenvalue weighted by molar-refractivity contribution is 6.61. The summed E-state index contributed by atoms with van der Waals surface area (Å²) < 4.78 is 14.7. The largest absolute Gasteiger partial charge is 0.497 e. The van der Waals surface area contributed by atoms with Gasteiger partial charge in [0, 0.05) is 11.6 Å². The summed E-state index contributed by atoms with van der Waals surface area (Å²) in [5.41, 5.74) is -0.826. The number of hydrogen-bond donors (Lipinski definition) is 0. The summed E-state index contributed by atoms with van der Waals surface area (Å²) in [7, 11) is 1.59. The number of methoxy groups -OCH3 is 1. The first-order valence-electron chi connectivity index (χ1n) is 4.31. The van der Waals surface area contributed by atoms with Gasteiger partial charge in [-0.05, 0) is 24.3 Å². The first-order chi connectivity index (χ1) is 7.22. The minimum absolute atomic E-state index is 0.133. The SMILES string of the molecule is COc1ccc(OCCOC(=O)Cl)cc1. The van der Waals surface area contributed by atoms with E-state index in [1.807, 2.05) is 0 Å². The molecule has 15 heavy (non-hydrogen) atoms. The molecule has 0 aliphatic carbocycles. The fraction of sp³-hybridized carbons (Fsp3) is 0.300. The molecule has 82 valence electrons. The topological polar surface area (TPSA) is 44.8 Å². The van der Waals surface area contributed by atoms with Crippen molar-refractivity contribution in [3.05, 3.63) is 24.3 Å². The average Bonchev–Trinajstić information content (AvgIpc) is 2.25. The summed E-state index contributed by atoms with van der Waals surface area (Å²) in [6, 6.07) is 7.09. The molecule has 0 saturated carbocycles. The minimum atomic E-state index is -0.826. The maximum Gasteiger partial charge on any atom is 0.403 e. The van der Waals surface area contributed by atoms with Gasteiger partial charge in [-0.3, -0.25) is 0 Å². The van der Waals surface area contributed by atoms with Crippen molar-refractivity contribution in [3.63, 3.8) is 0 Å². The van der Waals surface area contributed by atoms with Crippen molar-refractivity contribution < 1.29 is 19.0 Å². The van der Waals surface area contributed by atoms with E-state index < -0.39 is 5.43 Å². The van der Waals surface area contributed by atoms with Crippen molar-refractivity contribution >= 4 is 17.0 Å². The molecule has 0 heterocycles. The Labute approximate surface area is 92.7 Å². The monoisotopic (exact) mass is 230 g/mol. The Balaban J connectivity index is 2.28. The van der Waals surface area contributed by atoms with Gasteiger partial charge >= 0.3 is 5.43 Å². The third kappa shape index (κ3) is 4.56. The van der Waals surface area contributed by atoms with Gasteiger partial charge in [0.05, 0.1) is 7.11 Å². The first-order valence-corrected chi connectivity index (χ1v) is 4.69. The molecule has 0 unspecified atom stereocenters. The summed E-state index contributed by atoms with van der Waals surface area (Å²) in [5, 5.41) is 0. The van der Waals surface area contributed by atoms with Gasteiger partial charge in [-0.25, -0.2) is 4.79 Å². The molecule has 5 heteroatoms. The maximum absolute atomic E-state index is 10.2. The zero-order valence-electron chi connectivity index (χ0n) is 8.23. The molecule has 0 saturated heterocycles. The van der Waals surface area contributed by atoms with E-state index in [9.17, 15) is 4.79 Å². The van der Waals surface area contributed by atoms with Gasteiger partial charge in [0.1, 0.15) is 24.7 Å². The van der Waals surface area contributed by atoms with E-state index in [-0.39, 0.29) is 13.2 Å². The molecule has 0 N–H and O–H groups in total. The highest BCUT2D eigenvalue weighted by atomic mass is 35.5. The Kier molecular flexibility index (Phi) is 4.77. The molecule has 0 amide bonds. The fourth-order valence-corrected chi connectivity index (χ4v) is 1.03. The van der Waals surface area contributed by atoms with Crippen molar-refractivity contribution in [2.24, 2.45) is 0 Å². The first kappa shape index (κ1) is 11.7. The highest BCUT2D eigenvalue weighted by Crippen LogP contribution is 2.16. The van der Waals surface area contributed by atoms with Crippen molar-refractivity contribution in [2.45, 2.75) is 0 Å². The van der Waals surface area contributed by atoms with Crippen LogP contribution in [0.3, 0.4) is 0 Å². The zero-order chi connectivity index (χ0) is 11.1. The number of carbonyl (C=O) groups excluding carboxylic acids is 1. The molecule has 1 aromatic rings. The second kappa shape index (κ2) is 6.14. The molecule has 0 spiro atoms. The van der Waals surface area contributed by atoms with E-state index in [1.54, 1.807) is 31.4 Å². The van der Waals surface area contributed by atoms with Gasteiger partial charge in [0.2, 0.25) is 0 Å². The number of carbonyl (C=O) groups is 1. The average molecular weight is 231 g/mol. The van der Waals surface area contributed by atoms with Gasteiger partial charge in [0.15, 0.2) is 0 Å². The Morgan fingerprint density at radius 2 is 1.80 bits per heavy atom. The molecule has 0 bridgehead atoms. The number of rotatable bonds is 5. The van der Waals surface area contributed by atoms with Crippen molar-refractivity contribution in [3.8, 4) is 11.5 Å². The van der Waals surface area contributed by atoms with E-state index in [2.05, 4.69) is 4.74 Å². The minimum Gasteiger partial charge on any atom is -0.497 e. The van der Waals surface area contributed by atoms with Crippen LogP contribution >= 0.6 is 11.6 Å². The molecule has 4 nitrogen and oxygen atoms in total. The molecule has 0 aromatic heterocycles. The Hall–Kier alpha value is -1.42. The van der Waals surface area contributed by atoms with E-state index in [1.165, 1.54) is 0 Å².